The molecule has 0 bridgehead atoms. The predicted octanol–water partition coefficient (Wildman–Crippen LogP) is 0.986. The number of carbonyl (C=O) groups is 1. The van der Waals surface area contributed by atoms with E-state index in [1.54, 1.807) is 31.5 Å². The van der Waals surface area contributed by atoms with Crippen LogP contribution in [0, 0.1) is 0 Å². The van der Waals surface area contributed by atoms with Crippen LogP contribution in [0.3, 0.4) is 0 Å². The van der Waals surface area contributed by atoms with Crippen molar-refractivity contribution >= 4 is 5.97 Å². The molecule has 0 saturated heterocycles. The number of carboxylic acid groups (broad SMARTS) is 1. The van der Waals surface area contributed by atoms with E-state index in [0.717, 1.165) is 5.56 Å². The van der Waals surface area contributed by atoms with Crippen LogP contribution < -0.4 is 0 Å². The van der Waals surface area contributed by atoms with Crippen LogP contribution in [-0.2, 0) is 4.79 Å². The lowest BCUT2D eigenvalue weighted by Crippen LogP contribution is -2.15. The smallest absolute Gasteiger partial charge is 0.326 e. The Labute approximate surface area is 91.6 Å². The summed E-state index contributed by atoms with van der Waals surface area (Å²) in [5.74, 6) is -0.396. The fraction of sp³-hybridized carbons (Fsp3) is 0.200. The van der Waals surface area contributed by atoms with Gasteiger partial charge in [0.1, 0.15) is 12.4 Å². The summed E-state index contributed by atoms with van der Waals surface area (Å²) in [6.07, 6.45) is 4.66. The highest BCUT2D eigenvalue weighted by Gasteiger charge is 2.17. The summed E-state index contributed by atoms with van der Waals surface area (Å²) in [4.78, 5) is 14.8. The molecule has 0 aliphatic rings. The Kier molecular flexibility index (Phi) is 2.63. The van der Waals surface area contributed by atoms with E-state index in [0.29, 0.717) is 5.82 Å². The Morgan fingerprint density at radius 3 is 2.75 bits per heavy atom. The van der Waals surface area contributed by atoms with Gasteiger partial charge in [0.05, 0.1) is 0 Å². The van der Waals surface area contributed by atoms with Gasteiger partial charge in [-0.1, -0.05) is 0 Å². The minimum absolute atomic E-state index is 0.525. The molecule has 1 N–H and O–H groups in total. The fourth-order valence-corrected chi connectivity index (χ4v) is 1.35. The van der Waals surface area contributed by atoms with E-state index in [-0.39, 0.29) is 0 Å². The first-order valence-electron chi connectivity index (χ1n) is 4.73. The van der Waals surface area contributed by atoms with Crippen LogP contribution >= 0.6 is 0 Å². The van der Waals surface area contributed by atoms with E-state index in [4.69, 9.17) is 5.11 Å². The van der Waals surface area contributed by atoms with Crippen molar-refractivity contribution < 1.29 is 9.90 Å². The van der Waals surface area contributed by atoms with Gasteiger partial charge in [0.15, 0.2) is 5.82 Å². The van der Waals surface area contributed by atoms with Crippen LogP contribution in [0.5, 0.6) is 0 Å². The molecule has 1 unspecified atom stereocenters. The van der Waals surface area contributed by atoms with Gasteiger partial charge in [0, 0.05) is 18.0 Å². The second-order valence-corrected chi connectivity index (χ2v) is 3.31. The van der Waals surface area contributed by atoms with E-state index < -0.39 is 12.0 Å². The van der Waals surface area contributed by atoms with Crippen molar-refractivity contribution in [3.63, 3.8) is 0 Å². The van der Waals surface area contributed by atoms with E-state index in [2.05, 4.69) is 15.2 Å². The number of hydrogen-bond donors (Lipinski definition) is 1. The molecule has 0 radical (unpaired) electrons. The molecule has 6 heteroatoms. The van der Waals surface area contributed by atoms with Gasteiger partial charge < -0.3 is 5.11 Å². The maximum Gasteiger partial charge on any atom is 0.326 e. The molecule has 0 saturated carbocycles. The molecule has 0 aliphatic carbocycles. The Balaban J connectivity index is 2.44. The van der Waals surface area contributed by atoms with E-state index in [1.807, 2.05) is 0 Å². The summed E-state index contributed by atoms with van der Waals surface area (Å²) < 4.78 is 1.51. The minimum atomic E-state index is -0.921. The average molecular weight is 218 g/mol. The zero-order chi connectivity index (χ0) is 11.5. The first kappa shape index (κ1) is 10.3. The van der Waals surface area contributed by atoms with Gasteiger partial charge in [0.25, 0.3) is 0 Å². The third-order valence-electron chi connectivity index (χ3n) is 2.29. The predicted molar refractivity (Wildman–Crippen MR) is 55.6 cm³/mol. The summed E-state index contributed by atoms with van der Waals surface area (Å²) in [5.41, 5.74) is 0.792. The topological polar surface area (TPSA) is 80.9 Å². The van der Waals surface area contributed by atoms with Gasteiger partial charge >= 0.3 is 5.97 Å². The Bertz CT molecular complexity index is 495. The second kappa shape index (κ2) is 4.09. The lowest BCUT2D eigenvalue weighted by Gasteiger charge is -2.10. The van der Waals surface area contributed by atoms with Gasteiger partial charge in [-0.15, -0.1) is 10.2 Å². The maximum atomic E-state index is 10.9. The first-order chi connectivity index (χ1) is 7.70. The quantitative estimate of drug-likeness (QED) is 0.830. The van der Waals surface area contributed by atoms with Crippen molar-refractivity contribution in [2.45, 2.75) is 13.0 Å². The molecular formula is C10H10N4O2. The van der Waals surface area contributed by atoms with Crippen molar-refractivity contribution in [1.29, 1.82) is 0 Å². The van der Waals surface area contributed by atoms with Crippen LogP contribution in [0.1, 0.15) is 13.0 Å². The molecule has 0 fully saturated rings. The van der Waals surface area contributed by atoms with Crippen molar-refractivity contribution in [2.75, 3.05) is 0 Å². The number of aromatic nitrogens is 4. The monoisotopic (exact) mass is 218 g/mol. The number of carboxylic acids is 1. The highest BCUT2D eigenvalue weighted by molar-refractivity contribution is 5.72. The molecule has 2 heterocycles. The number of nitrogens with zero attached hydrogens (tertiary/aromatic N) is 4. The summed E-state index contributed by atoms with van der Waals surface area (Å²) in [6.45, 7) is 1.58. The molecule has 1 atom stereocenters. The molecule has 0 amide bonds. The van der Waals surface area contributed by atoms with Crippen LogP contribution in [-0.4, -0.2) is 30.8 Å². The lowest BCUT2D eigenvalue weighted by atomic mass is 10.2. The Morgan fingerprint density at radius 2 is 2.12 bits per heavy atom. The van der Waals surface area contributed by atoms with Crippen LogP contribution in [0.15, 0.2) is 30.9 Å². The molecule has 16 heavy (non-hydrogen) atoms. The standard InChI is InChI=1S/C10H10N4O2/c1-7(10(15)16)14-6-12-13-9(14)8-2-4-11-5-3-8/h2-7H,1H3,(H,15,16). The number of hydrogen-bond acceptors (Lipinski definition) is 4. The molecule has 0 aliphatic heterocycles. The summed E-state index contributed by atoms with van der Waals surface area (Å²) in [7, 11) is 0. The van der Waals surface area contributed by atoms with Gasteiger partial charge in [-0.05, 0) is 19.1 Å². The zero-order valence-corrected chi connectivity index (χ0v) is 8.61. The molecular weight excluding hydrogens is 208 g/mol. The van der Waals surface area contributed by atoms with Gasteiger partial charge in [0.2, 0.25) is 0 Å². The van der Waals surface area contributed by atoms with E-state index >= 15 is 0 Å². The summed E-state index contributed by atoms with van der Waals surface area (Å²) >= 11 is 0. The Hall–Kier alpha value is -2.24. The largest absolute Gasteiger partial charge is 0.480 e. The van der Waals surface area contributed by atoms with Crippen LogP contribution in [0.2, 0.25) is 0 Å². The normalized spacial score (nSPS) is 12.3. The highest BCUT2D eigenvalue weighted by atomic mass is 16.4. The highest BCUT2D eigenvalue weighted by Crippen LogP contribution is 2.19. The zero-order valence-electron chi connectivity index (χ0n) is 8.61. The second-order valence-electron chi connectivity index (χ2n) is 3.31. The molecule has 2 rings (SSSR count). The summed E-state index contributed by atoms with van der Waals surface area (Å²) in [6, 6.07) is 2.82. The van der Waals surface area contributed by atoms with Crippen LogP contribution in [0.4, 0.5) is 0 Å². The fourth-order valence-electron chi connectivity index (χ4n) is 1.35. The van der Waals surface area contributed by atoms with Crippen molar-refractivity contribution in [3.05, 3.63) is 30.9 Å². The first-order valence-corrected chi connectivity index (χ1v) is 4.73. The van der Waals surface area contributed by atoms with E-state index in [1.165, 1.54) is 10.9 Å². The maximum absolute atomic E-state index is 10.9. The molecule has 2 aromatic rings. The molecule has 0 aromatic carbocycles. The lowest BCUT2D eigenvalue weighted by molar-refractivity contribution is -0.140. The van der Waals surface area contributed by atoms with Crippen molar-refractivity contribution in [2.24, 2.45) is 0 Å². The molecule has 82 valence electrons. The van der Waals surface area contributed by atoms with Gasteiger partial charge in [-0.25, -0.2) is 4.79 Å². The Morgan fingerprint density at radius 1 is 1.44 bits per heavy atom. The summed E-state index contributed by atoms with van der Waals surface area (Å²) in [5, 5.41) is 16.6. The molecule has 6 nitrogen and oxygen atoms in total. The average Bonchev–Trinajstić information content (AvgIpc) is 2.77. The van der Waals surface area contributed by atoms with Gasteiger partial charge in [-0.3, -0.25) is 9.55 Å². The number of pyridine rings is 1. The third kappa shape index (κ3) is 1.77. The minimum Gasteiger partial charge on any atom is -0.480 e. The third-order valence-corrected chi connectivity index (χ3v) is 2.29. The molecule has 0 spiro atoms. The van der Waals surface area contributed by atoms with Crippen molar-refractivity contribution in [3.8, 4) is 11.4 Å². The SMILES string of the molecule is CC(C(=O)O)n1cnnc1-c1ccncc1. The van der Waals surface area contributed by atoms with E-state index in [9.17, 15) is 4.79 Å². The number of rotatable bonds is 3. The number of aliphatic carboxylic acids is 1. The van der Waals surface area contributed by atoms with Crippen LogP contribution in [0.25, 0.3) is 11.4 Å². The molecule has 2 aromatic heterocycles. The van der Waals surface area contributed by atoms with Crippen molar-refractivity contribution in [1.82, 2.24) is 19.7 Å². The van der Waals surface area contributed by atoms with Gasteiger partial charge in [-0.2, -0.15) is 0 Å².